The molecule has 0 bridgehead atoms. The third-order valence-electron chi connectivity index (χ3n) is 4.19. The van der Waals surface area contributed by atoms with E-state index in [0.29, 0.717) is 12.3 Å². The zero-order valence-electron chi connectivity index (χ0n) is 10.4. The van der Waals surface area contributed by atoms with Crippen LogP contribution in [0.15, 0.2) is 5.38 Å². The molecule has 0 radical (unpaired) electrons. The molecular weight excluding hydrogens is 266 g/mol. The predicted molar refractivity (Wildman–Crippen MR) is 67.9 cm³/mol. The lowest BCUT2D eigenvalue weighted by Gasteiger charge is -2.32. The summed E-state index contributed by atoms with van der Waals surface area (Å²) in [6.45, 7) is 0. The average Bonchev–Trinajstić information content (AvgIpc) is 3.05. The molecule has 1 aromatic heterocycles. The average molecular weight is 281 g/mol. The Morgan fingerprint density at radius 3 is 2.84 bits per heavy atom. The van der Waals surface area contributed by atoms with Crippen LogP contribution in [0.4, 0.5) is 0 Å². The highest BCUT2D eigenvalue weighted by atomic mass is 32.1. The Labute approximate surface area is 114 Å². The number of aliphatic carboxylic acids is 1. The van der Waals surface area contributed by atoms with Gasteiger partial charge in [0.05, 0.1) is 0 Å². The Hall–Kier alpha value is -1.50. The molecule has 102 valence electrons. The Morgan fingerprint density at radius 2 is 2.16 bits per heavy atom. The second-order valence-electron chi connectivity index (χ2n) is 5.20. The van der Waals surface area contributed by atoms with Crippen molar-refractivity contribution < 1.29 is 14.7 Å². The topological polar surface area (TPSA) is 83.4 Å². The third-order valence-corrected chi connectivity index (χ3v) is 4.69. The Morgan fingerprint density at radius 1 is 1.37 bits per heavy atom. The quantitative estimate of drug-likeness (QED) is 0.885. The Kier molecular flexibility index (Phi) is 3.22. The zero-order valence-corrected chi connectivity index (χ0v) is 11.2. The van der Waals surface area contributed by atoms with E-state index in [1.54, 1.807) is 10.3 Å². The fraction of sp³-hybridized carbons (Fsp3) is 0.667. The fourth-order valence-corrected chi connectivity index (χ4v) is 3.79. The number of amides is 1. The van der Waals surface area contributed by atoms with Gasteiger partial charge in [-0.2, -0.15) is 0 Å². The third kappa shape index (κ3) is 2.11. The summed E-state index contributed by atoms with van der Waals surface area (Å²) in [5.41, 5.74) is 0.266. The van der Waals surface area contributed by atoms with E-state index >= 15 is 0 Å². The number of hydrogen-bond donors (Lipinski definition) is 1. The first-order valence-corrected chi connectivity index (χ1v) is 7.34. The number of aromatic nitrogens is 2. The molecule has 3 rings (SSSR count). The van der Waals surface area contributed by atoms with Crippen molar-refractivity contribution in [3.8, 4) is 0 Å². The first-order valence-electron chi connectivity index (χ1n) is 6.51. The standard InChI is InChI=1S/C12H15N3O3S/c16-11(8-6-19-14-13-8)15-9-4-2-1-3-7(9)5-10(15)12(17)18/h6-7,9-10H,1-5H2,(H,17,18)/t7-,9-,10-/m0/s1. The summed E-state index contributed by atoms with van der Waals surface area (Å²) < 4.78 is 3.69. The minimum atomic E-state index is -0.911. The van der Waals surface area contributed by atoms with Gasteiger partial charge < -0.3 is 10.0 Å². The molecule has 2 heterocycles. The van der Waals surface area contributed by atoms with Gasteiger partial charge in [0.2, 0.25) is 0 Å². The number of likely N-dealkylation sites (tertiary alicyclic amines) is 1. The lowest BCUT2D eigenvalue weighted by Crippen LogP contribution is -2.46. The molecule has 1 saturated carbocycles. The molecule has 1 N–H and O–H groups in total. The molecule has 2 fully saturated rings. The van der Waals surface area contributed by atoms with Crippen molar-refractivity contribution in [2.45, 2.75) is 44.2 Å². The molecule has 1 amide bonds. The van der Waals surface area contributed by atoms with Crippen LogP contribution in [0.25, 0.3) is 0 Å². The monoisotopic (exact) mass is 281 g/mol. The molecule has 0 unspecified atom stereocenters. The molecule has 7 heteroatoms. The maximum atomic E-state index is 12.4. The fourth-order valence-electron chi connectivity index (χ4n) is 3.36. The van der Waals surface area contributed by atoms with Crippen molar-refractivity contribution in [3.63, 3.8) is 0 Å². The van der Waals surface area contributed by atoms with Crippen LogP contribution < -0.4 is 0 Å². The summed E-state index contributed by atoms with van der Waals surface area (Å²) >= 11 is 1.11. The summed E-state index contributed by atoms with van der Waals surface area (Å²) in [6, 6.07) is -0.647. The number of carboxylic acids is 1. The molecule has 2 aliphatic rings. The van der Waals surface area contributed by atoms with Gasteiger partial charge in [0.15, 0.2) is 5.69 Å². The van der Waals surface area contributed by atoms with E-state index in [1.165, 1.54) is 0 Å². The summed E-state index contributed by atoms with van der Waals surface area (Å²) in [4.78, 5) is 25.4. The van der Waals surface area contributed by atoms with Crippen LogP contribution in [-0.4, -0.2) is 43.6 Å². The number of hydrogen-bond acceptors (Lipinski definition) is 5. The smallest absolute Gasteiger partial charge is 0.326 e. The van der Waals surface area contributed by atoms with Crippen molar-refractivity contribution >= 4 is 23.4 Å². The van der Waals surface area contributed by atoms with Crippen LogP contribution in [0.2, 0.25) is 0 Å². The molecule has 1 aliphatic carbocycles. The maximum Gasteiger partial charge on any atom is 0.326 e. The number of rotatable bonds is 2. The zero-order chi connectivity index (χ0) is 13.4. The van der Waals surface area contributed by atoms with Gasteiger partial charge in [-0.15, -0.1) is 5.10 Å². The van der Waals surface area contributed by atoms with Gasteiger partial charge in [-0.1, -0.05) is 17.3 Å². The van der Waals surface area contributed by atoms with Gasteiger partial charge in [-0.25, -0.2) is 4.79 Å². The molecule has 0 spiro atoms. The minimum Gasteiger partial charge on any atom is -0.480 e. The van der Waals surface area contributed by atoms with Crippen LogP contribution >= 0.6 is 11.5 Å². The largest absolute Gasteiger partial charge is 0.480 e. The van der Waals surface area contributed by atoms with E-state index in [0.717, 1.165) is 37.2 Å². The van der Waals surface area contributed by atoms with Crippen LogP contribution in [0.3, 0.4) is 0 Å². The summed E-state index contributed by atoms with van der Waals surface area (Å²) in [5, 5.41) is 14.7. The summed E-state index contributed by atoms with van der Waals surface area (Å²) in [7, 11) is 0. The van der Waals surface area contributed by atoms with Crippen molar-refractivity contribution in [2.75, 3.05) is 0 Å². The van der Waals surface area contributed by atoms with Crippen LogP contribution in [0.1, 0.15) is 42.6 Å². The molecular formula is C12H15N3O3S. The number of carboxylic acid groups (broad SMARTS) is 1. The lowest BCUT2D eigenvalue weighted by atomic mass is 9.84. The van der Waals surface area contributed by atoms with E-state index in [4.69, 9.17) is 0 Å². The number of fused-ring (bicyclic) bond motifs is 1. The highest BCUT2D eigenvalue weighted by molar-refractivity contribution is 7.03. The molecule has 6 nitrogen and oxygen atoms in total. The van der Waals surface area contributed by atoms with Gasteiger partial charge >= 0.3 is 5.97 Å². The molecule has 1 saturated heterocycles. The number of nitrogens with zero attached hydrogens (tertiary/aromatic N) is 3. The van der Waals surface area contributed by atoms with Crippen LogP contribution in [0, 0.1) is 5.92 Å². The van der Waals surface area contributed by atoms with Crippen LogP contribution in [-0.2, 0) is 4.79 Å². The van der Waals surface area contributed by atoms with E-state index in [9.17, 15) is 14.7 Å². The van der Waals surface area contributed by atoms with Crippen molar-refractivity contribution in [1.82, 2.24) is 14.5 Å². The number of carbonyl (C=O) groups is 2. The van der Waals surface area contributed by atoms with E-state index < -0.39 is 12.0 Å². The Bertz CT molecular complexity index is 490. The molecule has 3 atom stereocenters. The predicted octanol–water partition coefficient (Wildman–Crippen LogP) is 1.40. The highest BCUT2D eigenvalue weighted by Crippen LogP contribution is 2.40. The summed E-state index contributed by atoms with van der Waals surface area (Å²) in [5.74, 6) is -0.869. The minimum absolute atomic E-state index is 0.0593. The SMILES string of the molecule is O=C(O)[C@@H]1C[C@@H]2CCCC[C@@H]2N1C(=O)c1csnn1. The lowest BCUT2D eigenvalue weighted by molar-refractivity contribution is -0.141. The van der Waals surface area contributed by atoms with Gasteiger partial charge in [-0.3, -0.25) is 4.79 Å². The van der Waals surface area contributed by atoms with Crippen molar-refractivity contribution in [1.29, 1.82) is 0 Å². The van der Waals surface area contributed by atoms with Crippen LogP contribution in [0.5, 0.6) is 0 Å². The van der Waals surface area contributed by atoms with Gasteiger partial charge in [0.1, 0.15) is 6.04 Å². The maximum absolute atomic E-state index is 12.4. The Balaban J connectivity index is 1.90. The van der Waals surface area contributed by atoms with E-state index in [2.05, 4.69) is 9.59 Å². The molecule has 1 aliphatic heterocycles. The highest BCUT2D eigenvalue weighted by Gasteiger charge is 2.48. The van der Waals surface area contributed by atoms with Crippen molar-refractivity contribution in [3.05, 3.63) is 11.1 Å². The van der Waals surface area contributed by atoms with Gasteiger partial charge in [0.25, 0.3) is 5.91 Å². The number of carbonyl (C=O) groups excluding carboxylic acids is 1. The summed E-state index contributed by atoms with van der Waals surface area (Å²) in [6.07, 6.45) is 4.69. The van der Waals surface area contributed by atoms with Gasteiger partial charge in [-0.05, 0) is 36.7 Å². The van der Waals surface area contributed by atoms with E-state index in [-0.39, 0.29) is 17.6 Å². The normalized spacial score (nSPS) is 30.1. The first kappa shape index (κ1) is 12.5. The molecule has 1 aromatic rings. The van der Waals surface area contributed by atoms with E-state index in [1.807, 2.05) is 0 Å². The van der Waals surface area contributed by atoms with Crippen molar-refractivity contribution in [2.24, 2.45) is 5.92 Å². The molecule has 0 aromatic carbocycles. The molecule has 19 heavy (non-hydrogen) atoms. The first-order chi connectivity index (χ1) is 9.18. The second kappa shape index (κ2) is 4.88. The second-order valence-corrected chi connectivity index (χ2v) is 5.81. The van der Waals surface area contributed by atoms with Gasteiger partial charge in [0, 0.05) is 11.4 Å².